The molecule has 2 aliphatic rings. The third-order valence-electron chi connectivity index (χ3n) is 6.43. The molecule has 2 aromatic heterocycles. The highest BCUT2D eigenvalue weighted by Crippen LogP contribution is 2.42. The molecule has 2 atom stereocenters. The molecule has 0 bridgehead atoms. The lowest BCUT2D eigenvalue weighted by molar-refractivity contribution is 0.0974. The molecule has 0 radical (unpaired) electrons. The normalized spacial score (nSPS) is 22.9. The summed E-state index contributed by atoms with van der Waals surface area (Å²) in [4.78, 5) is 16.9. The van der Waals surface area contributed by atoms with E-state index in [0.29, 0.717) is 5.02 Å². The maximum absolute atomic E-state index is 6.65. The zero-order chi connectivity index (χ0) is 21.4. The molecular formula is C22H24ClN5OS2. The van der Waals surface area contributed by atoms with Crippen LogP contribution in [0.5, 0.6) is 0 Å². The van der Waals surface area contributed by atoms with E-state index < -0.39 is 0 Å². The molecule has 9 heteroatoms. The largest absolute Gasteiger partial charge is 0.376 e. The third-order valence-corrected chi connectivity index (χ3v) is 8.52. The zero-order valence-electron chi connectivity index (χ0n) is 17.2. The molecule has 4 heterocycles. The van der Waals surface area contributed by atoms with Crippen molar-refractivity contribution in [1.82, 2.24) is 15.0 Å². The topological polar surface area (TPSA) is 77.2 Å². The number of anilines is 1. The lowest BCUT2D eigenvalue weighted by atomic mass is 9.73. The van der Waals surface area contributed by atoms with Gasteiger partial charge in [-0.25, -0.2) is 15.0 Å². The van der Waals surface area contributed by atoms with Gasteiger partial charge in [0.25, 0.3) is 0 Å². The minimum absolute atomic E-state index is 0.109. The maximum Gasteiger partial charge on any atom is 0.147 e. The van der Waals surface area contributed by atoms with Crippen molar-refractivity contribution in [2.24, 2.45) is 11.1 Å². The molecule has 5 rings (SSSR count). The molecule has 6 nitrogen and oxygen atoms in total. The Kier molecular flexibility index (Phi) is 5.92. The number of hydrogen-bond donors (Lipinski definition) is 1. The molecule has 162 valence electrons. The standard InChI is InChI=1S/C22H24ClN5OS2/c1-14-21(24)22(12-29-14)5-7-28(8-6-22)18-9-26-19(10-25-18)31-17-4-2-3-15(20(17)23)16-11-30-13-27-16/h2-4,9-11,13-14,21H,5-8,12,24H2,1H3/t14-,21+/m0/s1. The Labute approximate surface area is 195 Å². The highest BCUT2D eigenvalue weighted by molar-refractivity contribution is 7.99. The van der Waals surface area contributed by atoms with Crippen LogP contribution in [0.1, 0.15) is 19.8 Å². The first-order valence-electron chi connectivity index (χ1n) is 10.3. The lowest BCUT2D eigenvalue weighted by Crippen LogP contribution is -2.50. The number of benzene rings is 1. The molecule has 2 aliphatic heterocycles. The molecule has 31 heavy (non-hydrogen) atoms. The first-order valence-corrected chi connectivity index (χ1v) is 12.5. The monoisotopic (exact) mass is 473 g/mol. The van der Waals surface area contributed by atoms with E-state index in [9.17, 15) is 0 Å². The van der Waals surface area contributed by atoms with Gasteiger partial charge >= 0.3 is 0 Å². The van der Waals surface area contributed by atoms with Gasteiger partial charge in [-0.1, -0.05) is 35.5 Å². The number of halogens is 1. The Morgan fingerprint density at radius 2 is 2.06 bits per heavy atom. The minimum Gasteiger partial charge on any atom is -0.376 e. The van der Waals surface area contributed by atoms with Crippen molar-refractivity contribution in [2.45, 2.75) is 41.8 Å². The summed E-state index contributed by atoms with van der Waals surface area (Å²) in [6, 6.07) is 6.09. The molecule has 0 saturated carbocycles. The van der Waals surface area contributed by atoms with Crippen molar-refractivity contribution < 1.29 is 4.74 Å². The van der Waals surface area contributed by atoms with Crippen LogP contribution in [0.2, 0.25) is 5.02 Å². The minimum atomic E-state index is 0.109. The van der Waals surface area contributed by atoms with Crippen molar-refractivity contribution in [3.8, 4) is 11.3 Å². The molecule has 0 amide bonds. The van der Waals surface area contributed by atoms with Crippen molar-refractivity contribution in [1.29, 1.82) is 0 Å². The summed E-state index contributed by atoms with van der Waals surface area (Å²) in [6.07, 6.45) is 5.86. The van der Waals surface area contributed by atoms with Gasteiger partial charge in [-0.2, -0.15) is 0 Å². The summed E-state index contributed by atoms with van der Waals surface area (Å²) in [5.74, 6) is 0.905. The summed E-state index contributed by atoms with van der Waals surface area (Å²) in [5, 5.41) is 3.50. The van der Waals surface area contributed by atoms with Gasteiger partial charge in [0, 0.05) is 40.4 Å². The Hall–Kier alpha value is -1.71. The fourth-order valence-electron chi connectivity index (χ4n) is 4.43. The first kappa shape index (κ1) is 21.2. The fraction of sp³-hybridized carbons (Fsp3) is 0.409. The van der Waals surface area contributed by atoms with Crippen LogP contribution in [-0.2, 0) is 4.74 Å². The molecule has 2 saturated heterocycles. The van der Waals surface area contributed by atoms with E-state index in [1.54, 1.807) is 11.3 Å². The number of nitrogens with two attached hydrogens (primary N) is 1. The molecule has 2 N–H and O–H groups in total. The number of nitrogens with zero attached hydrogens (tertiary/aromatic N) is 4. The fourth-order valence-corrected chi connectivity index (χ4v) is 6.10. The van der Waals surface area contributed by atoms with E-state index in [4.69, 9.17) is 22.1 Å². The van der Waals surface area contributed by atoms with Crippen molar-refractivity contribution in [2.75, 3.05) is 24.6 Å². The van der Waals surface area contributed by atoms with Crippen LogP contribution in [0.25, 0.3) is 11.3 Å². The van der Waals surface area contributed by atoms with Gasteiger partial charge in [-0.15, -0.1) is 11.3 Å². The van der Waals surface area contributed by atoms with Crippen LogP contribution >= 0.6 is 34.7 Å². The molecule has 3 aromatic rings. The van der Waals surface area contributed by atoms with Crippen molar-refractivity contribution in [3.63, 3.8) is 0 Å². The van der Waals surface area contributed by atoms with Crippen LogP contribution in [0.4, 0.5) is 5.82 Å². The van der Waals surface area contributed by atoms with Gasteiger partial charge in [0.05, 0.1) is 41.3 Å². The first-order chi connectivity index (χ1) is 15.1. The summed E-state index contributed by atoms with van der Waals surface area (Å²) in [7, 11) is 0. The summed E-state index contributed by atoms with van der Waals surface area (Å²) < 4.78 is 5.82. The molecule has 0 unspecified atom stereocenters. The van der Waals surface area contributed by atoms with Crippen LogP contribution in [0.15, 0.2) is 51.4 Å². The van der Waals surface area contributed by atoms with E-state index in [-0.39, 0.29) is 17.6 Å². The number of aromatic nitrogens is 3. The summed E-state index contributed by atoms with van der Waals surface area (Å²) >= 11 is 9.72. The SMILES string of the molecule is C[C@@H]1OCC2(CCN(c3cnc(Sc4cccc(-c5cscn5)c4Cl)cn3)CC2)[C@@H]1N. The number of ether oxygens (including phenoxy) is 1. The van der Waals surface area contributed by atoms with E-state index in [0.717, 1.165) is 59.5 Å². The predicted octanol–water partition coefficient (Wildman–Crippen LogP) is 4.74. The van der Waals surface area contributed by atoms with Crippen molar-refractivity contribution in [3.05, 3.63) is 46.5 Å². The van der Waals surface area contributed by atoms with Crippen molar-refractivity contribution >= 4 is 40.5 Å². The average molecular weight is 474 g/mol. The molecular weight excluding hydrogens is 450 g/mol. The van der Waals surface area contributed by atoms with E-state index in [1.807, 2.05) is 41.5 Å². The average Bonchev–Trinajstić information content (AvgIpc) is 3.42. The molecule has 0 aliphatic carbocycles. The second-order valence-corrected chi connectivity index (χ2v) is 10.4. The van der Waals surface area contributed by atoms with Gasteiger partial charge < -0.3 is 15.4 Å². The van der Waals surface area contributed by atoms with E-state index in [1.165, 1.54) is 11.8 Å². The summed E-state index contributed by atoms with van der Waals surface area (Å²) in [5.41, 5.74) is 10.2. The van der Waals surface area contributed by atoms with Gasteiger partial charge in [0.1, 0.15) is 10.8 Å². The smallest absolute Gasteiger partial charge is 0.147 e. The quantitative estimate of drug-likeness (QED) is 0.586. The van der Waals surface area contributed by atoms with E-state index >= 15 is 0 Å². The van der Waals surface area contributed by atoms with Gasteiger partial charge in [0.2, 0.25) is 0 Å². The molecule has 1 aromatic carbocycles. The highest BCUT2D eigenvalue weighted by Gasteiger charge is 2.47. The third kappa shape index (κ3) is 4.07. The second kappa shape index (κ2) is 8.67. The Morgan fingerprint density at radius 1 is 1.23 bits per heavy atom. The predicted molar refractivity (Wildman–Crippen MR) is 126 cm³/mol. The molecule has 2 fully saturated rings. The van der Waals surface area contributed by atoms with Gasteiger partial charge in [-0.05, 0) is 25.8 Å². The van der Waals surface area contributed by atoms with Crippen LogP contribution < -0.4 is 10.6 Å². The Balaban J connectivity index is 1.26. The Morgan fingerprint density at radius 3 is 2.71 bits per heavy atom. The number of hydrogen-bond acceptors (Lipinski definition) is 8. The highest BCUT2D eigenvalue weighted by atomic mass is 35.5. The number of rotatable bonds is 4. The molecule has 1 spiro atoms. The number of thiazole rings is 1. The lowest BCUT2D eigenvalue weighted by Gasteiger charge is -2.41. The van der Waals surface area contributed by atoms with Crippen LogP contribution in [0, 0.1) is 5.41 Å². The number of piperidine rings is 1. The van der Waals surface area contributed by atoms with Gasteiger partial charge in [0.15, 0.2) is 0 Å². The summed E-state index contributed by atoms with van der Waals surface area (Å²) in [6.45, 7) is 4.69. The van der Waals surface area contributed by atoms with Gasteiger partial charge in [-0.3, -0.25) is 0 Å². The van der Waals surface area contributed by atoms with Crippen LogP contribution in [-0.4, -0.2) is 46.8 Å². The van der Waals surface area contributed by atoms with Crippen LogP contribution in [0.3, 0.4) is 0 Å². The second-order valence-electron chi connectivity index (χ2n) is 8.20. The Bertz CT molecular complexity index is 1040. The zero-order valence-corrected chi connectivity index (χ0v) is 19.6. The maximum atomic E-state index is 6.65. The van der Waals surface area contributed by atoms with E-state index in [2.05, 4.69) is 26.8 Å².